The van der Waals surface area contributed by atoms with Crippen molar-refractivity contribution in [1.82, 2.24) is 4.90 Å². The zero-order chi connectivity index (χ0) is 12.8. The van der Waals surface area contributed by atoms with Crippen LogP contribution in [0.25, 0.3) is 0 Å². The topological polar surface area (TPSA) is 40.5 Å². The molecule has 1 rings (SSSR count). The summed E-state index contributed by atoms with van der Waals surface area (Å²) in [6, 6.07) is 4.37. The summed E-state index contributed by atoms with van der Waals surface area (Å²) in [6.07, 6.45) is 6.05. The lowest BCUT2D eigenvalue weighted by molar-refractivity contribution is 0.0777. The molecule has 90 valence electrons. The summed E-state index contributed by atoms with van der Waals surface area (Å²) >= 11 is 5.76. The molecule has 1 aromatic rings. The van der Waals surface area contributed by atoms with Crippen LogP contribution in [0, 0.1) is 12.3 Å². The van der Waals surface area contributed by atoms with E-state index in [1.807, 2.05) is 6.92 Å². The van der Waals surface area contributed by atoms with E-state index in [2.05, 4.69) is 5.92 Å². The largest absolute Gasteiger partial charge is 0.506 e. The second kappa shape index (κ2) is 6.17. The molecule has 17 heavy (non-hydrogen) atoms. The maximum Gasteiger partial charge on any atom is 0.254 e. The van der Waals surface area contributed by atoms with Crippen LogP contribution in [0.4, 0.5) is 0 Å². The third-order valence-corrected chi connectivity index (χ3v) is 2.56. The molecule has 0 saturated carbocycles. The second-order valence-electron chi connectivity index (χ2n) is 3.60. The lowest BCUT2D eigenvalue weighted by Crippen LogP contribution is -2.32. The Morgan fingerprint density at radius 2 is 2.29 bits per heavy atom. The molecule has 0 fully saturated rings. The van der Waals surface area contributed by atoms with E-state index in [0.717, 1.165) is 6.42 Å². The van der Waals surface area contributed by atoms with Crippen LogP contribution in [-0.2, 0) is 0 Å². The highest BCUT2D eigenvalue weighted by Crippen LogP contribution is 2.24. The minimum Gasteiger partial charge on any atom is -0.506 e. The molecule has 1 N–H and O–H groups in total. The predicted octanol–water partition coefficient (Wildman–Crippen LogP) is 2.53. The highest BCUT2D eigenvalue weighted by Gasteiger charge is 2.15. The number of hydrogen-bond donors (Lipinski definition) is 1. The Labute approximate surface area is 106 Å². The van der Waals surface area contributed by atoms with Gasteiger partial charge in [0.1, 0.15) is 5.75 Å². The minimum absolute atomic E-state index is 0.0396. The Kier molecular flexibility index (Phi) is 4.86. The van der Waals surface area contributed by atoms with Crippen molar-refractivity contribution in [1.29, 1.82) is 0 Å². The van der Waals surface area contributed by atoms with Gasteiger partial charge in [-0.2, -0.15) is 0 Å². The predicted molar refractivity (Wildman–Crippen MR) is 68.1 cm³/mol. The lowest BCUT2D eigenvalue weighted by Gasteiger charge is -2.19. The summed E-state index contributed by atoms with van der Waals surface area (Å²) in [5, 5.41) is 9.44. The highest BCUT2D eigenvalue weighted by atomic mass is 35.5. The summed E-state index contributed by atoms with van der Waals surface area (Å²) in [5.74, 6) is 2.24. The number of carbonyl (C=O) groups is 1. The van der Waals surface area contributed by atoms with E-state index in [-0.39, 0.29) is 23.2 Å². The van der Waals surface area contributed by atoms with Gasteiger partial charge in [-0.05, 0) is 24.6 Å². The monoisotopic (exact) mass is 251 g/mol. The molecule has 0 radical (unpaired) electrons. The fourth-order valence-electron chi connectivity index (χ4n) is 1.46. The van der Waals surface area contributed by atoms with E-state index in [9.17, 15) is 9.90 Å². The number of benzene rings is 1. The summed E-state index contributed by atoms with van der Waals surface area (Å²) in [6.45, 7) is 2.84. The number of phenolic OH excluding ortho intramolecular Hbond substituents is 1. The van der Waals surface area contributed by atoms with E-state index in [0.29, 0.717) is 12.1 Å². The molecule has 1 amide bonds. The molecular weight excluding hydrogens is 238 g/mol. The Morgan fingerprint density at radius 1 is 1.59 bits per heavy atom. The van der Waals surface area contributed by atoms with Crippen molar-refractivity contribution in [2.45, 2.75) is 13.3 Å². The summed E-state index contributed by atoms with van der Waals surface area (Å²) in [4.78, 5) is 13.7. The first-order chi connectivity index (χ1) is 8.10. The molecular formula is C13H14ClNO2. The third-order valence-electron chi connectivity index (χ3n) is 2.26. The van der Waals surface area contributed by atoms with Crippen LogP contribution in [0.2, 0.25) is 5.02 Å². The zero-order valence-corrected chi connectivity index (χ0v) is 10.4. The number of phenols is 1. The summed E-state index contributed by atoms with van der Waals surface area (Å²) in [5.41, 5.74) is 0.427. The number of terminal acetylenes is 1. The van der Waals surface area contributed by atoms with Gasteiger partial charge < -0.3 is 10.0 Å². The van der Waals surface area contributed by atoms with Crippen molar-refractivity contribution < 1.29 is 9.90 Å². The smallest absolute Gasteiger partial charge is 0.254 e. The van der Waals surface area contributed by atoms with Crippen LogP contribution in [0.1, 0.15) is 23.7 Å². The van der Waals surface area contributed by atoms with Crippen molar-refractivity contribution in [3.05, 3.63) is 28.8 Å². The quantitative estimate of drug-likeness (QED) is 0.836. The normalized spacial score (nSPS) is 9.71. The average Bonchev–Trinajstić information content (AvgIpc) is 2.31. The van der Waals surface area contributed by atoms with E-state index < -0.39 is 0 Å². The van der Waals surface area contributed by atoms with Crippen molar-refractivity contribution in [3.63, 3.8) is 0 Å². The lowest BCUT2D eigenvalue weighted by atomic mass is 10.2. The van der Waals surface area contributed by atoms with Crippen molar-refractivity contribution in [2.24, 2.45) is 0 Å². The SMILES string of the molecule is C#CCN(CCC)C(=O)c1ccc(O)c(Cl)c1. The number of amides is 1. The number of halogens is 1. The maximum absolute atomic E-state index is 12.1. The van der Waals surface area contributed by atoms with Gasteiger partial charge in [0, 0.05) is 12.1 Å². The van der Waals surface area contributed by atoms with Gasteiger partial charge in [-0.3, -0.25) is 4.79 Å². The van der Waals surface area contributed by atoms with Crippen LogP contribution in [0.5, 0.6) is 5.75 Å². The van der Waals surface area contributed by atoms with Crippen LogP contribution >= 0.6 is 11.6 Å². The van der Waals surface area contributed by atoms with E-state index in [1.165, 1.54) is 18.2 Å². The molecule has 0 spiro atoms. The van der Waals surface area contributed by atoms with Gasteiger partial charge >= 0.3 is 0 Å². The number of hydrogen-bond acceptors (Lipinski definition) is 2. The number of nitrogens with zero attached hydrogens (tertiary/aromatic N) is 1. The first-order valence-electron chi connectivity index (χ1n) is 5.31. The molecule has 1 aromatic carbocycles. The van der Waals surface area contributed by atoms with Crippen LogP contribution in [-0.4, -0.2) is 29.0 Å². The van der Waals surface area contributed by atoms with Gasteiger partial charge in [-0.15, -0.1) is 6.42 Å². The van der Waals surface area contributed by atoms with Gasteiger partial charge in [-0.1, -0.05) is 24.4 Å². The summed E-state index contributed by atoms with van der Waals surface area (Å²) < 4.78 is 0. The molecule has 4 heteroatoms. The van der Waals surface area contributed by atoms with Gasteiger partial charge in [-0.25, -0.2) is 0 Å². The van der Waals surface area contributed by atoms with E-state index in [4.69, 9.17) is 18.0 Å². The second-order valence-corrected chi connectivity index (χ2v) is 4.00. The fourth-order valence-corrected chi connectivity index (χ4v) is 1.64. The van der Waals surface area contributed by atoms with Gasteiger partial charge in [0.2, 0.25) is 0 Å². The average molecular weight is 252 g/mol. The third kappa shape index (κ3) is 3.40. The molecule has 0 aliphatic rings. The molecule has 0 aliphatic carbocycles. The number of aromatic hydroxyl groups is 1. The highest BCUT2D eigenvalue weighted by molar-refractivity contribution is 6.32. The standard InChI is InChI=1S/C13H14ClNO2/c1-3-7-15(8-4-2)13(17)10-5-6-12(16)11(14)9-10/h1,5-6,9,16H,4,7-8H2,2H3. The van der Waals surface area contributed by atoms with Crippen LogP contribution in [0.15, 0.2) is 18.2 Å². The van der Waals surface area contributed by atoms with Gasteiger partial charge in [0.25, 0.3) is 5.91 Å². The van der Waals surface area contributed by atoms with E-state index >= 15 is 0 Å². The molecule has 0 heterocycles. The first kappa shape index (κ1) is 13.4. The molecule has 0 aromatic heterocycles. The Hall–Kier alpha value is -1.66. The maximum atomic E-state index is 12.1. The van der Waals surface area contributed by atoms with Gasteiger partial charge in [0.05, 0.1) is 11.6 Å². The minimum atomic E-state index is -0.174. The molecule has 0 saturated heterocycles. The molecule has 0 unspecified atom stereocenters. The summed E-state index contributed by atoms with van der Waals surface area (Å²) in [7, 11) is 0. The number of rotatable bonds is 4. The van der Waals surface area contributed by atoms with Crippen molar-refractivity contribution >= 4 is 17.5 Å². The molecule has 0 atom stereocenters. The van der Waals surface area contributed by atoms with E-state index in [1.54, 1.807) is 4.90 Å². The number of carbonyl (C=O) groups excluding carboxylic acids is 1. The fraction of sp³-hybridized carbons (Fsp3) is 0.308. The molecule has 0 aliphatic heterocycles. The Morgan fingerprint density at radius 3 is 2.82 bits per heavy atom. The van der Waals surface area contributed by atoms with Gasteiger partial charge in [0.15, 0.2) is 0 Å². The van der Waals surface area contributed by atoms with Crippen LogP contribution in [0.3, 0.4) is 0 Å². The van der Waals surface area contributed by atoms with Crippen molar-refractivity contribution in [3.8, 4) is 18.1 Å². The zero-order valence-electron chi connectivity index (χ0n) is 9.61. The molecule has 3 nitrogen and oxygen atoms in total. The Bertz CT molecular complexity index is 451. The van der Waals surface area contributed by atoms with Crippen LogP contribution < -0.4 is 0 Å². The van der Waals surface area contributed by atoms with Crippen molar-refractivity contribution in [2.75, 3.05) is 13.1 Å². The Balaban J connectivity index is 2.93. The molecule has 0 bridgehead atoms. The first-order valence-corrected chi connectivity index (χ1v) is 5.69.